The highest BCUT2D eigenvalue weighted by atomic mass is 19.3. The predicted molar refractivity (Wildman–Crippen MR) is 135 cm³/mol. The Labute approximate surface area is 202 Å². The Kier molecular flexibility index (Phi) is 10.3. The van der Waals surface area contributed by atoms with Gasteiger partial charge in [-0.15, -0.1) is 0 Å². The van der Waals surface area contributed by atoms with Gasteiger partial charge in [-0.3, -0.25) is 0 Å². The van der Waals surface area contributed by atoms with Crippen LogP contribution in [-0.2, 0) is 0 Å². The molecule has 1 aliphatic heterocycles. The molecule has 1 heterocycles. The van der Waals surface area contributed by atoms with E-state index in [2.05, 4.69) is 28.8 Å². The van der Waals surface area contributed by atoms with Crippen LogP contribution in [-0.4, -0.2) is 41.5 Å². The van der Waals surface area contributed by atoms with Gasteiger partial charge in [0.25, 0.3) is 0 Å². The number of aliphatic hydroxyl groups excluding tert-OH is 1. The topological polar surface area (TPSA) is 68.6 Å². The molecule has 1 aromatic rings. The van der Waals surface area contributed by atoms with Crippen LogP contribution < -0.4 is 10.1 Å². The second-order valence-corrected chi connectivity index (χ2v) is 8.73. The highest BCUT2D eigenvalue weighted by Crippen LogP contribution is 2.32. The lowest BCUT2D eigenvalue weighted by Crippen LogP contribution is -2.46. The molecule has 0 bridgehead atoms. The molecule has 0 atom stereocenters. The van der Waals surface area contributed by atoms with Crippen LogP contribution in [0, 0.1) is 17.2 Å². The van der Waals surface area contributed by atoms with Gasteiger partial charge in [0.05, 0.1) is 0 Å². The Bertz CT molecular complexity index is 891. The second-order valence-electron chi connectivity index (χ2n) is 8.73. The van der Waals surface area contributed by atoms with Crippen molar-refractivity contribution in [3.05, 3.63) is 59.5 Å². The highest BCUT2D eigenvalue weighted by molar-refractivity contribution is 6.05. The van der Waals surface area contributed by atoms with E-state index in [0.29, 0.717) is 18.6 Å². The van der Waals surface area contributed by atoms with Gasteiger partial charge in [-0.25, -0.2) is 0 Å². The number of benzene rings is 1. The first-order valence-electron chi connectivity index (χ1n) is 12.1. The summed E-state index contributed by atoms with van der Waals surface area (Å²) in [4.78, 5) is 2.26. The van der Waals surface area contributed by atoms with Crippen molar-refractivity contribution in [3.63, 3.8) is 0 Å². The first kappa shape index (κ1) is 27.6. The monoisotopic (exact) mass is 475 g/mol. The number of nitrogens with zero attached hydrogens (tertiary/aromatic N) is 1. The van der Waals surface area contributed by atoms with Crippen LogP contribution in [0.15, 0.2) is 59.5 Å². The van der Waals surface area contributed by atoms with Crippen molar-refractivity contribution in [1.29, 1.82) is 5.41 Å². The Morgan fingerprint density at radius 2 is 1.85 bits per heavy atom. The van der Waals surface area contributed by atoms with Gasteiger partial charge < -0.3 is 25.5 Å². The molecule has 34 heavy (non-hydrogen) atoms. The van der Waals surface area contributed by atoms with E-state index in [1.54, 1.807) is 12.1 Å². The molecule has 1 saturated heterocycles. The number of allylic oxidation sites excluding steroid dienone is 4. The standard InChI is InChI=1S/C27H39F2N3O2/c1-6-10-24(32-17-19(18-32)15-16-33)25(26(30)20(7-2)8-3)23(9-4)31-21-11-13-22(14-12-21)34-27(5,28)29/h6,9-14,19-20,30-31,33H,7-8,15-18H2,1-5H3/b10-6-,23-9-,25-24-,30-26?. The van der Waals surface area contributed by atoms with Crippen LogP contribution in [0.25, 0.3) is 0 Å². The minimum atomic E-state index is -3.24. The maximum atomic E-state index is 13.2. The van der Waals surface area contributed by atoms with Gasteiger partial charge in [0.15, 0.2) is 0 Å². The van der Waals surface area contributed by atoms with Crippen molar-refractivity contribution in [1.82, 2.24) is 4.90 Å². The summed E-state index contributed by atoms with van der Waals surface area (Å²) >= 11 is 0. The molecule has 0 unspecified atom stereocenters. The number of alkyl halides is 2. The predicted octanol–water partition coefficient (Wildman–Crippen LogP) is 6.59. The van der Waals surface area contributed by atoms with E-state index in [9.17, 15) is 13.9 Å². The quantitative estimate of drug-likeness (QED) is 0.222. The zero-order chi connectivity index (χ0) is 25.3. The van der Waals surface area contributed by atoms with Crippen LogP contribution >= 0.6 is 0 Å². The zero-order valence-electron chi connectivity index (χ0n) is 21.0. The Morgan fingerprint density at radius 3 is 2.32 bits per heavy atom. The molecule has 0 aromatic heterocycles. The third-order valence-corrected chi connectivity index (χ3v) is 6.07. The maximum absolute atomic E-state index is 13.2. The molecule has 2 rings (SSSR count). The summed E-state index contributed by atoms with van der Waals surface area (Å²) < 4.78 is 31.0. The lowest BCUT2D eigenvalue weighted by Gasteiger charge is -2.43. The Balaban J connectivity index is 2.43. The molecular weight excluding hydrogens is 436 g/mol. The number of hydrogen-bond donors (Lipinski definition) is 3. The summed E-state index contributed by atoms with van der Waals surface area (Å²) in [5, 5.41) is 21.8. The van der Waals surface area contributed by atoms with Gasteiger partial charge >= 0.3 is 6.11 Å². The van der Waals surface area contributed by atoms with Gasteiger partial charge in [0.1, 0.15) is 5.75 Å². The number of ether oxygens (including phenoxy) is 1. The molecule has 0 spiro atoms. The fourth-order valence-electron chi connectivity index (χ4n) is 4.21. The van der Waals surface area contributed by atoms with E-state index >= 15 is 0 Å². The van der Waals surface area contributed by atoms with Crippen LogP contribution in [0.5, 0.6) is 5.75 Å². The van der Waals surface area contributed by atoms with Crippen molar-refractivity contribution >= 4 is 11.4 Å². The van der Waals surface area contributed by atoms with Crippen molar-refractivity contribution in [2.24, 2.45) is 11.8 Å². The molecule has 0 saturated carbocycles. The number of nitrogens with one attached hydrogen (secondary N) is 2. The van der Waals surface area contributed by atoms with Gasteiger partial charge in [-0.05, 0) is 69.4 Å². The number of rotatable bonds is 13. The number of likely N-dealkylation sites (tertiary alicyclic amines) is 1. The van der Waals surface area contributed by atoms with Crippen molar-refractivity contribution in [2.45, 2.75) is 60.0 Å². The van der Waals surface area contributed by atoms with Crippen molar-refractivity contribution in [2.75, 3.05) is 25.0 Å². The van der Waals surface area contributed by atoms with E-state index in [-0.39, 0.29) is 18.3 Å². The Hall–Kier alpha value is -2.67. The number of aliphatic hydroxyl groups is 1. The molecule has 0 aliphatic carbocycles. The summed E-state index contributed by atoms with van der Waals surface area (Å²) in [7, 11) is 0. The van der Waals surface area contributed by atoms with Gasteiger partial charge in [0.2, 0.25) is 0 Å². The van der Waals surface area contributed by atoms with Gasteiger partial charge in [-0.2, -0.15) is 8.78 Å². The summed E-state index contributed by atoms with van der Waals surface area (Å²) in [5.41, 5.74) is 3.92. The molecule has 5 nitrogen and oxygen atoms in total. The van der Waals surface area contributed by atoms with Crippen LogP contribution in [0.1, 0.15) is 53.9 Å². The molecule has 1 aliphatic rings. The number of hydrogen-bond acceptors (Lipinski definition) is 5. The summed E-state index contributed by atoms with van der Waals surface area (Å²) in [5.74, 6) is 0.648. The summed E-state index contributed by atoms with van der Waals surface area (Å²) in [6.07, 6.45) is 5.25. The molecule has 7 heteroatoms. The van der Waals surface area contributed by atoms with Crippen LogP contribution in [0.2, 0.25) is 0 Å². The van der Waals surface area contributed by atoms with Gasteiger partial charge in [0, 0.05) is 60.9 Å². The molecule has 0 amide bonds. The first-order valence-corrected chi connectivity index (χ1v) is 12.1. The van der Waals surface area contributed by atoms with Crippen molar-refractivity contribution in [3.8, 4) is 5.75 Å². The summed E-state index contributed by atoms with van der Waals surface area (Å²) in [6.45, 7) is 10.7. The third-order valence-electron chi connectivity index (χ3n) is 6.07. The first-order chi connectivity index (χ1) is 16.2. The third kappa shape index (κ3) is 7.42. The normalized spacial score (nSPS) is 16.0. The SMILES string of the molecule is C\C=C/C(=C(C(=N)C(CC)CC)\C(=C\C)Nc1ccc(OC(C)(F)F)cc1)N1CC(CCO)C1. The molecule has 1 aromatic carbocycles. The maximum Gasteiger partial charge on any atom is 0.394 e. The van der Waals surface area contributed by atoms with Crippen LogP contribution in [0.4, 0.5) is 14.5 Å². The van der Waals surface area contributed by atoms with Crippen LogP contribution in [0.3, 0.4) is 0 Å². The number of anilines is 1. The fraction of sp³-hybridized carbons (Fsp3) is 0.519. The lowest BCUT2D eigenvalue weighted by atomic mass is 9.87. The molecular formula is C27H39F2N3O2. The van der Waals surface area contributed by atoms with E-state index in [0.717, 1.165) is 55.0 Å². The van der Waals surface area contributed by atoms with E-state index in [4.69, 9.17) is 5.41 Å². The van der Waals surface area contributed by atoms with E-state index in [1.807, 2.05) is 32.1 Å². The van der Waals surface area contributed by atoms with Gasteiger partial charge in [-0.1, -0.05) is 26.0 Å². The Morgan fingerprint density at radius 1 is 1.24 bits per heavy atom. The smallest absolute Gasteiger partial charge is 0.394 e. The molecule has 188 valence electrons. The second kappa shape index (κ2) is 12.7. The van der Waals surface area contributed by atoms with Crippen molar-refractivity contribution < 1.29 is 18.6 Å². The average Bonchev–Trinajstić information content (AvgIpc) is 2.76. The highest BCUT2D eigenvalue weighted by Gasteiger charge is 2.31. The largest absolute Gasteiger partial charge is 0.433 e. The zero-order valence-corrected chi connectivity index (χ0v) is 21.0. The minimum Gasteiger partial charge on any atom is -0.433 e. The lowest BCUT2D eigenvalue weighted by molar-refractivity contribution is -0.158. The molecule has 3 N–H and O–H groups in total. The van der Waals surface area contributed by atoms with E-state index in [1.165, 1.54) is 12.1 Å². The van der Waals surface area contributed by atoms with E-state index < -0.39 is 6.11 Å². The molecule has 0 radical (unpaired) electrons. The molecule has 1 fully saturated rings. The summed E-state index contributed by atoms with van der Waals surface area (Å²) in [6, 6.07) is 6.40. The minimum absolute atomic E-state index is 0.0886. The fourth-order valence-corrected chi connectivity index (χ4v) is 4.21. The average molecular weight is 476 g/mol. The number of halogens is 2.